The summed E-state index contributed by atoms with van der Waals surface area (Å²) in [4.78, 5) is 13.8. The van der Waals surface area contributed by atoms with Gasteiger partial charge in [-0.15, -0.1) is 0 Å². The lowest BCUT2D eigenvalue weighted by Gasteiger charge is -2.34. The van der Waals surface area contributed by atoms with E-state index < -0.39 is 0 Å². The standard InChI is InChI=1S/C18H21N3O2/c1-12-3-4-14-9-13(5-8-17(14)21(12)18(22)23-2)15-10-19-20(11-15)16-6-7-16/h5,8-12,16H,3-4,6-7H2,1-2H3. The number of amides is 1. The van der Waals surface area contributed by atoms with Crippen LogP contribution >= 0.6 is 0 Å². The second kappa shape index (κ2) is 5.41. The smallest absolute Gasteiger partial charge is 0.414 e. The first-order valence-electron chi connectivity index (χ1n) is 8.22. The molecule has 5 heteroatoms. The summed E-state index contributed by atoms with van der Waals surface area (Å²) in [6.07, 6.45) is 8.18. The van der Waals surface area contributed by atoms with Gasteiger partial charge in [0.1, 0.15) is 0 Å². The number of aryl methyl sites for hydroxylation is 1. The minimum absolute atomic E-state index is 0.165. The lowest BCUT2D eigenvalue weighted by molar-refractivity contribution is 0.175. The first kappa shape index (κ1) is 14.3. The van der Waals surface area contributed by atoms with Gasteiger partial charge in [-0.1, -0.05) is 6.07 Å². The van der Waals surface area contributed by atoms with E-state index in [9.17, 15) is 4.79 Å². The lowest BCUT2D eigenvalue weighted by Crippen LogP contribution is -2.42. The maximum absolute atomic E-state index is 12.1. The second-order valence-corrected chi connectivity index (χ2v) is 6.51. The van der Waals surface area contributed by atoms with Crippen molar-refractivity contribution in [3.05, 3.63) is 36.2 Å². The quantitative estimate of drug-likeness (QED) is 0.847. The average Bonchev–Trinajstić information content (AvgIpc) is 3.31. The van der Waals surface area contributed by atoms with Gasteiger partial charge in [-0.3, -0.25) is 9.58 Å². The van der Waals surface area contributed by atoms with E-state index >= 15 is 0 Å². The molecule has 4 rings (SSSR count). The fraction of sp³-hybridized carbons (Fsp3) is 0.444. The van der Waals surface area contributed by atoms with Gasteiger partial charge in [0.2, 0.25) is 0 Å². The number of benzene rings is 1. The molecule has 23 heavy (non-hydrogen) atoms. The van der Waals surface area contributed by atoms with Crippen molar-refractivity contribution in [3.8, 4) is 11.1 Å². The fourth-order valence-electron chi connectivity index (χ4n) is 3.33. The average molecular weight is 311 g/mol. The van der Waals surface area contributed by atoms with Crippen LogP contribution in [-0.4, -0.2) is 29.0 Å². The fourth-order valence-corrected chi connectivity index (χ4v) is 3.33. The Hall–Kier alpha value is -2.30. The molecule has 1 amide bonds. The highest BCUT2D eigenvalue weighted by atomic mass is 16.5. The van der Waals surface area contributed by atoms with Crippen LogP contribution in [0.3, 0.4) is 0 Å². The summed E-state index contributed by atoms with van der Waals surface area (Å²) < 4.78 is 7.01. The molecule has 2 heterocycles. The van der Waals surface area contributed by atoms with Gasteiger partial charge >= 0.3 is 6.09 Å². The normalized spacial score (nSPS) is 20.3. The molecule has 0 saturated heterocycles. The third-order valence-electron chi connectivity index (χ3n) is 4.84. The molecule has 5 nitrogen and oxygen atoms in total. The van der Waals surface area contributed by atoms with E-state index in [0.717, 1.165) is 29.7 Å². The molecule has 0 spiro atoms. The predicted molar refractivity (Wildman–Crippen MR) is 88.6 cm³/mol. The molecular formula is C18H21N3O2. The molecule has 1 aliphatic carbocycles. The maximum Gasteiger partial charge on any atom is 0.414 e. The topological polar surface area (TPSA) is 47.4 Å². The summed E-state index contributed by atoms with van der Waals surface area (Å²) in [5.41, 5.74) is 4.47. The van der Waals surface area contributed by atoms with Crippen molar-refractivity contribution < 1.29 is 9.53 Å². The number of rotatable bonds is 2. The van der Waals surface area contributed by atoms with Crippen LogP contribution in [0.15, 0.2) is 30.6 Å². The Kier molecular flexibility index (Phi) is 3.36. The summed E-state index contributed by atoms with van der Waals surface area (Å²) in [5, 5.41) is 4.47. The van der Waals surface area contributed by atoms with Crippen LogP contribution in [0.25, 0.3) is 11.1 Å². The molecule has 2 aliphatic rings. The highest BCUT2D eigenvalue weighted by Gasteiger charge is 2.29. The first-order valence-corrected chi connectivity index (χ1v) is 8.22. The zero-order valence-electron chi connectivity index (χ0n) is 13.5. The van der Waals surface area contributed by atoms with E-state index in [-0.39, 0.29) is 12.1 Å². The lowest BCUT2D eigenvalue weighted by atomic mass is 9.94. The zero-order chi connectivity index (χ0) is 16.0. The molecule has 120 valence electrons. The molecule has 1 atom stereocenters. The minimum atomic E-state index is -0.284. The van der Waals surface area contributed by atoms with Crippen LogP contribution in [0.2, 0.25) is 0 Å². The molecular weight excluding hydrogens is 290 g/mol. The van der Waals surface area contributed by atoms with Crippen LogP contribution in [0.4, 0.5) is 10.5 Å². The SMILES string of the molecule is COC(=O)N1c2ccc(-c3cnn(C4CC4)c3)cc2CCC1C. The van der Waals surface area contributed by atoms with Crippen molar-refractivity contribution in [3.63, 3.8) is 0 Å². The van der Waals surface area contributed by atoms with Crippen LogP contribution < -0.4 is 4.90 Å². The number of hydrogen-bond acceptors (Lipinski definition) is 3. The zero-order valence-corrected chi connectivity index (χ0v) is 13.5. The second-order valence-electron chi connectivity index (χ2n) is 6.51. The highest BCUT2D eigenvalue weighted by molar-refractivity contribution is 5.90. The van der Waals surface area contributed by atoms with E-state index in [0.29, 0.717) is 6.04 Å². The van der Waals surface area contributed by atoms with Crippen LogP contribution in [0.1, 0.15) is 37.8 Å². The minimum Gasteiger partial charge on any atom is -0.452 e. The van der Waals surface area contributed by atoms with Crippen LogP contribution in [0.5, 0.6) is 0 Å². The highest BCUT2D eigenvalue weighted by Crippen LogP contribution is 2.37. The Morgan fingerprint density at radius 2 is 2.09 bits per heavy atom. The van der Waals surface area contributed by atoms with Gasteiger partial charge in [0, 0.05) is 17.8 Å². The third-order valence-corrected chi connectivity index (χ3v) is 4.84. The molecule has 1 aliphatic heterocycles. The van der Waals surface area contributed by atoms with Crippen molar-refractivity contribution in [2.45, 2.75) is 44.7 Å². The molecule has 1 aromatic carbocycles. The van der Waals surface area contributed by atoms with Gasteiger partial charge < -0.3 is 4.74 Å². The molecule has 0 bridgehead atoms. The number of ether oxygens (including phenoxy) is 1. The third kappa shape index (κ3) is 2.50. The van der Waals surface area contributed by atoms with Crippen molar-refractivity contribution in [2.75, 3.05) is 12.0 Å². The summed E-state index contributed by atoms with van der Waals surface area (Å²) in [6.45, 7) is 2.06. The van der Waals surface area contributed by atoms with Crippen molar-refractivity contribution in [1.82, 2.24) is 9.78 Å². The van der Waals surface area contributed by atoms with Crippen LogP contribution in [-0.2, 0) is 11.2 Å². The summed E-state index contributed by atoms with van der Waals surface area (Å²) >= 11 is 0. The maximum atomic E-state index is 12.1. The Bertz CT molecular complexity index is 748. The number of nitrogens with zero attached hydrogens (tertiary/aromatic N) is 3. The van der Waals surface area contributed by atoms with Gasteiger partial charge in [-0.2, -0.15) is 5.10 Å². The monoisotopic (exact) mass is 311 g/mol. The van der Waals surface area contributed by atoms with Crippen molar-refractivity contribution in [2.24, 2.45) is 0 Å². The molecule has 0 radical (unpaired) electrons. The number of hydrogen-bond donors (Lipinski definition) is 0. The van der Waals surface area contributed by atoms with Gasteiger partial charge in [-0.05, 0) is 55.9 Å². The number of anilines is 1. The number of fused-ring (bicyclic) bond motifs is 1. The predicted octanol–water partition coefficient (Wildman–Crippen LogP) is 3.79. The number of carbonyl (C=O) groups is 1. The van der Waals surface area contributed by atoms with E-state index in [1.807, 2.05) is 12.3 Å². The van der Waals surface area contributed by atoms with Crippen molar-refractivity contribution in [1.29, 1.82) is 0 Å². The van der Waals surface area contributed by atoms with Gasteiger partial charge in [0.05, 0.1) is 25.0 Å². The van der Waals surface area contributed by atoms with Gasteiger partial charge in [0.25, 0.3) is 0 Å². The molecule has 1 unspecified atom stereocenters. The molecule has 2 aromatic rings. The molecule has 1 aromatic heterocycles. The number of aromatic nitrogens is 2. The van der Waals surface area contributed by atoms with E-state index in [1.165, 1.54) is 25.5 Å². The number of methoxy groups -OCH3 is 1. The summed E-state index contributed by atoms with van der Waals surface area (Å²) in [5.74, 6) is 0. The Labute approximate surface area is 135 Å². The van der Waals surface area contributed by atoms with E-state index in [2.05, 4.69) is 35.0 Å². The largest absolute Gasteiger partial charge is 0.452 e. The Balaban J connectivity index is 1.68. The van der Waals surface area contributed by atoms with Gasteiger partial charge in [0.15, 0.2) is 0 Å². The summed E-state index contributed by atoms with van der Waals surface area (Å²) in [7, 11) is 1.43. The molecule has 1 fully saturated rings. The van der Waals surface area contributed by atoms with Gasteiger partial charge in [-0.25, -0.2) is 4.79 Å². The summed E-state index contributed by atoms with van der Waals surface area (Å²) in [6, 6.07) is 7.05. The Morgan fingerprint density at radius 1 is 1.26 bits per heavy atom. The molecule has 1 saturated carbocycles. The van der Waals surface area contributed by atoms with E-state index in [4.69, 9.17) is 4.74 Å². The first-order chi connectivity index (χ1) is 11.2. The molecule has 0 N–H and O–H groups in total. The van der Waals surface area contributed by atoms with Crippen LogP contribution in [0, 0.1) is 0 Å². The Morgan fingerprint density at radius 3 is 2.83 bits per heavy atom. The number of carbonyl (C=O) groups excluding carboxylic acids is 1. The van der Waals surface area contributed by atoms with Crippen molar-refractivity contribution >= 4 is 11.8 Å². The van der Waals surface area contributed by atoms with E-state index in [1.54, 1.807) is 4.90 Å².